The number of hydrogen-bond acceptors (Lipinski definition) is 1. The van der Waals surface area contributed by atoms with Crippen molar-refractivity contribution in [1.29, 1.82) is 0 Å². The second-order valence-corrected chi connectivity index (χ2v) is 6.59. The zero-order valence-electron chi connectivity index (χ0n) is 10.7. The summed E-state index contributed by atoms with van der Waals surface area (Å²) in [6.07, 6.45) is 10.5. The van der Waals surface area contributed by atoms with Crippen molar-refractivity contribution in [2.45, 2.75) is 70.3 Å². The van der Waals surface area contributed by atoms with Crippen LogP contribution in [0.3, 0.4) is 0 Å². The van der Waals surface area contributed by atoms with Crippen LogP contribution in [0, 0.1) is 0 Å². The maximum absolute atomic E-state index is 4.82. The number of aromatic nitrogens is 2. The minimum atomic E-state index is 0.127. The Bertz CT molecular complexity index is 405. The van der Waals surface area contributed by atoms with Crippen LogP contribution in [0.2, 0.25) is 0 Å². The first-order valence-electron chi connectivity index (χ1n) is 6.61. The molecule has 0 bridgehead atoms. The lowest BCUT2D eigenvalue weighted by atomic mass is 9.60. The largest absolute Gasteiger partial charge is 0.267 e. The van der Waals surface area contributed by atoms with Crippen molar-refractivity contribution >= 4 is 0 Å². The molecule has 0 unspecified atom stereocenters. The van der Waals surface area contributed by atoms with Gasteiger partial charge in [0.15, 0.2) is 0 Å². The molecule has 1 saturated carbocycles. The van der Waals surface area contributed by atoms with E-state index in [1.54, 1.807) is 5.56 Å². The van der Waals surface area contributed by atoms with Crippen LogP contribution in [0.5, 0.6) is 0 Å². The molecule has 0 saturated heterocycles. The van der Waals surface area contributed by atoms with E-state index in [1.165, 1.54) is 44.2 Å². The highest BCUT2D eigenvalue weighted by molar-refractivity contribution is 5.33. The van der Waals surface area contributed by atoms with E-state index in [-0.39, 0.29) is 5.54 Å². The molecule has 1 aromatic rings. The van der Waals surface area contributed by atoms with Crippen LogP contribution < -0.4 is 0 Å². The van der Waals surface area contributed by atoms with Gasteiger partial charge in [-0.2, -0.15) is 5.10 Å². The molecule has 2 aliphatic carbocycles. The van der Waals surface area contributed by atoms with Gasteiger partial charge in [-0.1, -0.05) is 6.42 Å². The van der Waals surface area contributed by atoms with E-state index in [0.29, 0.717) is 5.41 Å². The Morgan fingerprint density at radius 3 is 2.44 bits per heavy atom. The molecule has 1 heterocycles. The first-order valence-corrected chi connectivity index (χ1v) is 6.61. The molecular weight excluding hydrogens is 196 g/mol. The van der Waals surface area contributed by atoms with Crippen LogP contribution in [0.25, 0.3) is 0 Å². The van der Waals surface area contributed by atoms with Crippen molar-refractivity contribution in [3.8, 4) is 0 Å². The predicted octanol–water partition coefficient (Wildman–Crippen LogP) is 3.40. The van der Waals surface area contributed by atoms with Crippen molar-refractivity contribution in [2.24, 2.45) is 0 Å². The predicted molar refractivity (Wildman–Crippen MR) is 65.7 cm³/mol. The SMILES string of the molecule is CC(C)(C)n1cc2c(n1)CCCC21CCC1. The monoisotopic (exact) mass is 218 g/mol. The van der Waals surface area contributed by atoms with Gasteiger partial charge >= 0.3 is 0 Å². The molecule has 1 aromatic heterocycles. The third-order valence-electron chi connectivity index (χ3n) is 4.43. The molecule has 0 atom stereocenters. The fraction of sp³-hybridized carbons (Fsp3) is 0.786. The van der Waals surface area contributed by atoms with E-state index in [1.807, 2.05) is 0 Å². The standard InChI is InChI=1S/C14H22N2/c1-13(2,3)16-10-11-12(15-16)6-4-7-14(11)8-5-9-14/h10H,4-9H2,1-3H3. The van der Waals surface area contributed by atoms with Gasteiger partial charge in [0.25, 0.3) is 0 Å². The van der Waals surface area contributed by atoms with Crippen LogP contribution in [0.4, 0.5) is 0 Å². The van der Waals surface area contributed by atoms with Crippen molar-refractivity contribution in [3.63, 3.8) is 0 Å². The fourth-order valence-corrected chi connectivity index (χ4v) is 3.23. The van der Waals surface area contributed by atoms with Gasteiger partial charge in [-0.05, 0) is 63.9 Å². The van der Waals surface area contributed by atoms with Crippen LogP contribution in [0.1, 0.15) is 64.1 Å². The molecule has 88 valence electrons. The van der Waals surface area contributed by atoms with Crippen molar-refractivity contribution in [1.82, 2.24) is 9.78 Å². The first kappa shape index (κ1) is 10.4. The van der Waals surface area contributed by atoms with Gasteiger partial charge < -0.3 is 0 Å². The lowest BCUT2D eigenvalue weighted by molar-refractivity contribution is 0.208. The average Bonchev–Trinajstić information content (AvgIpc) is 2.57. The first-order chi connectivity index (χ1) is 7.51. The molecule has 2 heteroatoms. The van der Waals surface area contributed by atoms with Gasteiger partial charge in [0.2, 0.25) is 0 Å². The molecule has 1 spiro atoms. The molecular formula is C14H22N2. The van der Waals surface area contributed by atoms with Gasteiger partial charge in [0, 0.05) is 6.20 Å². The summed E-state index contributed by atoms with van der Waals surface area (Å²) < 4.78 is 2.18. The van der Waals surface area contributed by atoms with Crippen LogP contribution in [0.15, 0.2) is 6.20 Å². The van der Waals surface area contributed by atoms with E-state index in [0.717, 1.165) is 0 Å². The average molecular weight is 218 g/mol. The third-order valence-corrected chi connectivity index (χ3v) is 4.43. The number of aryl methyl sites for hydroxylation is 1. The topological polar surface area (TPSA) is 17.8 Å². The summed E-state index contributed by atoms with van der Waals surface area (Å²) in [5, 5.41) is 4.82. The Balaban J connectivity index is 2.05. The second kappa shape index (κ2) is 3.12. The van der Waals surface area contributed by atoms with Gasteiger partial charge in [0.1, 0.15) is 0 Å². The van der Waals surface area contributed by atoms with Crippen molar-refractivity contribution in [3.05, 3.63) is 17.5 Å². The number of fused-ring (bicyclic) bond motifs is 2. The molecule has 2 nitrogen and oxygen atoms in total. The lowest BCUT2D eigenvalue weighted by Crippen LogP contribution is -2.37. The van der Waals surface area contributed by atoms with E-state index < -0.39 is 0 Å². The number of nitrogens with zero attached hydrogens (tertiary/aromatic N) is 2. The Kier molecular flexibility index (Phi) is 2.02. The molecule has 16 heavy (non-hydrogen) atoms. The lowest BCUT2D eigenvalue weighted by Gasteiger charge is -2.44. The van der Waals surface area contributed by atoms with Gasteiger partial charge in [-0.15, -0.1) is 0 Å². The third kappa shape index (κ3) is 1.35. The Labute approximate surface area is 98.0 Å². The van der Waals surface area contributed by atoms with Crippen LogP contribution in [-0.4, -0.2) is 9.78 Å². The highest BCUT2D eigenvalue weighted by atomic mass is 15.3. The number of rotatable bonds is 0. The summed E-state index contributed by atoms with van der Waals surface area (Å²) >= 11 is 0. The van der Waals surface area contributed by atoms with Crippen molar-refractivity contribution < 1.29 is 0 Å². The summed E-state index contributed by atoms with van der Waals surface area (Å²) in [5.74, 6) is 0. The van der Waals surface area contributed by atoms with Gasteiger partial charge in [0.05, 0.1) is 11.2 Å². The summed E-state index contributed by atoms with van der Waals surface area (Å²) in [4.78, 5) is 0. The maximum Gasteiger partial charge on any atom is 0.0662 e. The van der Waals surface area contributed by atoms with E-state index in [9.17, 15) is 0 Å². The zero-order valence-corrected chi connectivity index (χ0v) is 10.7. The Morgan fingerprint density at radius 2 is 1.88 bits per heavy atom. The summed E-state index contributed by atoms with van der Waals surface area (Å²) in [6.45, 7) is 6.71. The molecule has 2 aliphatic rings. The summed E-state index contributed by atoms with van der Waals surface area (Å²) in [7, 11) is 0. The van der Waals surface area contributed by atoms with Crippen molar-refractivity contribution in [2.75, 3.05) is 0 Å². The van der Waals surface area contributed by atoms with E-state index >= 15 is 0 Å². The maximum atomic E-state index is 4.82. The minimum absolute atomic E-state index is 0.127. The van der Waals surface area contributed by atoms with Gasteiger partial charge in [-0.25, -0.2) is 0 Å². The molecule has 1 fully saturated rings. The molecule has 0 aliphatic heterocycles. The quantitative estimate of drug-likeness (QED) is 0.652. The van der Waals surface area contributed by atoms with Crippen LogP contribution >= 0.6 is 0 Å². The number of hydrogen-bond donors (Lipinski definition) is 0. The smallest absolute Gasteiger partial charge is 0.0662 e. The molecule has 0 N–H and O–H groups in total. The molecule has 0 aromatic carbocycles. The summed E-state index contributed by atoms with van der Waals surface area (Å²) in [5.41, 5.74) is 3.64. The van der Waals surface area contributed by atoms with Crippen LogP contribution in [-0.2, 0) is 17.4 Å². The molecule has 0 amide bonds. The zero-order chi connectivity index (χ0) is 11.4. The summed E-state index contributed by atoms with van der Waals surface area (Å²) in [6, 6.07) is 0. The van der Waals surface area contributed by atoms with Gasteiger partial charge in [-0.3, -0.25) is 4.68 Å². The minimum Gasteiger partial charge on any atom is -0.267 e. The van der Waals surface area contributed by atoms with E-state index in [2.05, 4.69) is 31.6 Å². The van der Waals surface area contributed by atoms with E-state index in [4.69, 9.17) is 5.10 Å². The Hall–Kier alpha value is -0.790. The normalized spacial score (nSPS) is 22.9. The molecule has 3 rings (SSSR count). The highest BCUT2D eigenvalue weighted by Crippen LogP contribution is 2.51. The highest BCUT2D eigenvalue weighted by Gasteiger charge is 2.43. The second-order valence-electron chi connectivity index (χ2n) is 6.59. The Morgan fingerprint density at radius 1 is 1.19 bits per heavy atom. The molecule has 0 radical (unpaired) electrons. The fourth-order valence-electron chi connectivity index (χ4n) is 3.23.